The van der Waals surface area contributed by atoms with Gasteiger partial charge in [0.15, 0.2) is 0 Å². The first kappa shape index (κ1) is 17.3. The second-order valence-corrected chi connectivity index (χ2v) is 7.51. The first-order valence-electron chi connectivity index (χ1n) is 9.81. The summed E-state index contributed by atoms with van der Waals surface area (Å²) in [6, 6.07) is 6.92. The van der Waals surface area contributed by atoms with Gasteiger partial charge in [-0.1, -0.05) is 25.0 Å². The van der Waals surface area contributed by atoms with Gasteiger partial charge in [0.1, 0.15) is 5.82 Å². The molecule has 1 saturated heterocycles. The Morgan fingerprint density at radius 1 is 1.04 bits per heavy atom. The minimum Gasteiger partial charge on any atom is -0.366 e. The van der Waals surface area contributed by atoms with Gasteiger partial charge >= 0.3 is 0 Å². The third-order valence-corrected chi connectivity index (χ3v) is 5.81. The van der Waals surface area contributed by atoms with Gasteiger partial charge in [-0.3, -0.25) is 14.7 Å². The molecule has 0 spiro atoms. The Bertz CT molecular complexity index is 678. The van der Waals surface area contributed by atoms with E-state index in [-0.39, 0.29) is 11.7 Å². The second-order valence-electron chi connectivity index (χ2n) is 7.51. The number of piperazine rings is 1. The van der Waals surface area contributed by atoms with Crippen molar-refractivity contribution in [3.05, 3.63) is 30.1 Å². The Labute approximate surface area is 154 Å². The van der Waals surface area contributed by atoms with Crippen LogP contribution in [-0.2, 0) is 4.79 Å². The summed E-state index contributed by atoms with van der Waals surface area (Å²) in [5.74, 6) is 1.45. The first-order chi connectivity index (χ1) is 12.7. The maximum absolute atomic E-state index is 14.0. The van der Waals surface area contributed by atoms with Crippen molar-refractivity contribution >= 4 is 17.6 Å². The normalized spacial score (nSPS) is 21.4. The molecule has 1 aliphatic carbocycles. The molecule has 140 valence electrons. The summed E-state index contributed by atoms with van der Waals surface area (Å²) in [6.07, 6.45) is 5.56. The maximum atomic E-state index is 14.0. The van der Waals surface area contributed by atoms with Crippen LogP contribution in [0.2, 0.25) is 0 Å². The van der Waals surface area contributed by atoms with E-state index in [9.17, 15) is 9.18 Å². The van der Waals surface area contributed by atoms with Crippen molar-refractivity contribution in [2.45, 2.75) is 32.1 Å². The predicted molar refractivity (Wildman–Crippen MR) is 101 cm³/mol. The van der Waals surface area contributed by atoms with Crippen LogP contribution in [0, 0.1) is 11.7 Å². The first-order valence-corrected chi connectivity index (χ1v) is 9.81. The number of rotatable bonds is 3. The van der Waals surface area contributed by atoms with Gasteiger partial charge in [-0.2, -0.15) is 0 Å². The highest BCUT2D eigenvalue weighted by molar-refractivity contribution is 5.98. The van der Waals surface area contributed by atoms with Gasteiger partial charge in [-0.05, 0) is 30.9 Å². The minimum absolute atomic E-state index is 0.174. The Hall–Kier alpha value is -2.11. The van der Waals surface area contributed by atoms with Gasteiger partial charge in [0.25, 0.3) is 0 Å². The Morgan fingerprint density at radius 2 is 1.73 bits per heavy atom. The number of amides is 1. The molecular formula is C20H27FN4O. The van der Waals surface area contributed by atoms with Crippen LogP contribution in [0.5, 0.6) is 0 Å². The molecule has 2 fully saturated rings. The Kier molecular flexibility index (Phi) is 5.09. The van der Waals surface area contributed by atoms with Crippen molar-refractivity contribution in [1.82, 2.24) is 9.80 Å². The van der Waals surface area contributed by atoms with Crippen LogP contribution in [-0.4, -0.2) is 60.9 Å². The summed E-state index contributed by atoms with van der Waals surface area (Å²) in [5.41, 5.74) is 0.662. The zero-order valence-electron chi connectivity index (χ0n) is 15.2. The van der Waals surface area contributed by atoms with E-state index in [1.807, 2.05) is 17.0 Å². The number of hydrogen-bond acceptors (Lipinski definition) is 4. The molecule has 6 heteroatoms. The summed E-state index contributed by atoms with van der Waals surface area (Å²) in [6.45, 7) is 4.41. The van der Waals surface area contributed by atoms with E-state index >= 15 is 0 Å². The Morgan fingerprint density at radius 3 is 2.46 bits per heavy atom. The van der Waals surface area contributed by atoms with Gasteiger partial charge in [-0.25, -0.2) is 4.39 Å². The number of para-hydroxylation sites is 1. The lowest BCUT2D eigenvalue weighted by atomic mass is 10.0. The lowest BCUT2D eigenvalue weighted by Gasteiger charge is -2.39. The Balaban J connectivity index is 1.36. The minimum atomic E-state index is -0.174. The molecule has 0 atom stereocenters. The number of carbonyl (C=O) groups excluding carboxylic acids is 1. The fourth-order valence-corrected chi connectivity index (χ4v) is 4.37. The van der Waals surface area contributed by atoms with Gasteiger partial charge in [0, 0.05) is 39.1 Å². The average molecular weight is 358 g/mol. The summed E-state index contributed by atoms with van der Waals surface area (Å²) in [7, 11) is 0. The number of carbonyl (C=O) groups is 1. The van der Waals surface area contributed by atoms with E-state index in [4.69, 9.17) is 0 Å². The van der Waals surface area contributed by atoms with Crippen LogP contribution in [0.25, 0.3) is 0 Å². The molecule has 0 radical (unpaired) electrons. The van der Waals surface area contributed by atoms with E-state index < -0.39 is 0 Å². The van der Waals surface area contributed by atoms with E-state index in [2.05, 4.69) is 14.8 Å². The van der Waals surface area contributed by atoms with Crippen LogP contribution in [0.1, 0.15) is 32.1 Å². The molecule has 1 aromatic carbocycles. The highest BCUT2D eigenvalue weighted by atomic mass is 19.1. The summed E-state index contributed by atoms with van der Waals surface area (Å²) < 4.78 is 14.0. The van der Waals surface area contributed by atoms with Gasteiger partial charge in [-0.15, -0.1) is 0 Å². The highest BCUT2D eigenvalue weighted by Crippen LogP contribution is 2.28. The number of nitrogens with zero attached hydrogens (tertiary/aromatic N) is 4. The maximum Gasteiger partial charge on any atom is 0.229 e. The average Bonchev–Trinajstić information content (AvgIpc) is 3.34. The lowest BCUT2D eigenvalue weighted by Crippen LogP contribution is -2.53. The van der Waals surface area contributed by atoms with Crippen LogP contribution >= 0.6 is 0 Å². The highest BCUT2D eigenvalue weighted by Gasteiger charge is 2.32. The largest absolute Gasteiger partial charge is 0.366 e. The third-order valence-electron chi connectivity index (χ3n) is 5.81. The van der Waals surface area contributed by atoms with Crippen molar-refractivity contribution in [1.29, 1.82) is 0 Å². The lowest BCUT2D eigenvalue weighted by molar-refractivity contribution is -0.128. The molecule has 4 rings (SSSR count). The molecule has 1 amide bonds. The molecule has 2 heterocycles. The van der Waals surface area contributed by atoms with E-state index in [0.717, 1.165) is 32.1 Å². The molecule has 1 aromatic rings. The molecule has 0 aromatic heterocycles. The van der Waals surface area contributed by atoms with Crippen molar-refractivity contribution in [2.24, 2.45) is 10.9 Å². The number of anilines is 1. The zero-order chi connectivity index (χ0) is 17.9. The molecule has 1 saturated carbocycles. The summed E-state index contributed by atoms with van der Waals surface area (Å²) >= 11 is 0. The SMILES string of the molecule is O=C(CC1CCCC1)N1CCN=C1N1CCN(c2ccccc2F)CC1. The molecule has 0 N–H and O–H groups in total. The fourth-order valence-electron chi connectivity index (χ4n) is 4.37. The van der Waals surface area contributed by atoms with Crippen LogP contribution in [0.15, 0.2) is 29.3 Å². The van der Waals surface area contributed by atoms with Gasteiger partial charge in [0.05, 0.1) is 12.2 Å². The van der Waals surface area contributed by atoms with Crippen molar-refractivity contribution < 1.29 is 9.18 Å². The van der Waals surface area contributed by atoms with Gasteiger partial charge < -0.3 is 9.80 Å². The number of hydrogen-bond donors (Lipinski definition) is 0. The fraction of sp³-hybridized carbons (Fsp3) is 0.600. The second kappa shape index (κ2) is 7.64. The third kappa shape index (κ3) is 3.55. The molecule has 26 heavy (non-hydrogen) atoms. The van der Waals surface area contributed by atoms with E-state index in [0.29, 0.717) is 31.1 Å². The monoisotopic (exact) mass is 358 g/mol. The quantitative estimate of drug-likeness (QED) is 0.834. The smallest absolute Gasteiger partial charge is 0.229 e. The molecule has 0 bridgehead atoms. The number of guanidine groups is 1. The van der Waals surface area contributed by atoms with Crippen molar-refractivity contribution in [3.63, 3.8) is 0 Å². The zero-order valence-corrected chi connectivity index (χ0v) is 15.2. The molecule has 2 aliphatic heterocycles. The number of aliphatic imine (C=N–C) groups is 1. The molecule has 3 aliphatic rings. The topological polar surface area (TPSA) is 39.2 Å². The molecular weight excluding hydrogens is 331 g/mol. The standard InChI is InChI=1S/C20H27FN4O/c21-17-7-3-4-8-18(17)23-11-13-24(14-12-23)20-22-9-10-25(20)19(26)15-16-5-1-2-6-16/h3-4,7-8,16H,1-2,5-6,9-15H2. The van der Waals surface area contributed by atoms with Crippen molar-refractivity contribution in [3.8, 4) is 0 Å². The van der Waals surface area contributed by atoms with Crippen molar-refractivity contribution in [2.75, 3.05) is 44.2 Å². The van der Waals surface area contributed by atoms with Crippen LogP contribution < -0.4 is 4.90 Å². The molecule has 5 nitrogen and oxygen atoms in total. The summed E-state index contributed by atoms with van der Waals surface area (Å²) in [5, 5.41) is 0. The van der Waals surface area contributed by atoms with Gasteiger partial charge in [0.2, 0.25) is 11.9 Å². The van der Waals surface area contributed by atoms with E-state index in [1.165, 1.54) is 31.7 Å². The van der Waals surface area contributed by atoms with E-state index in [1.54, 1.807) is 6.07 Å². The van der Waals surface area contributed by atoms with Crippen LogP contribution in [0.4, 0.5) is 10.1 Å². The molecule has 0 unspecified atom stereocenters. The predicted octanol–water partition coefficient (Wildman–Crippen LogP) is 2.73. The number of halogens is 1. The van der Waals surface area contributed by atoms with Crippen LogP contribution in [0.3, 0.4) is 0 Å². The summed E-state index contributed by atoms with van der Waals surface area (Å²) in [4.78, 5) is 23.5. The number of benzene rings is 1.